The molecule has 154 valence electrons. The summed E-state index contributed by atoms with van der Waals surface area (Å²) in [6, 6.07) is 17.3. The van der Waals surface area contributed by atoms with E-state index in [4.69, 9.17) is 4.74 Å². The van der Waals surface area contributed by atoms with Crippen LogP contribution < -0.4 is 10.6 Å². The van der Waals surface area contributed by atoms with Crippen LogP contribution in [0.4, 0.5) is 11.4 Å². The lowest BCUT2D eigenvalue weighted by molar-refractivity contribution is -0.123. The summed E-state index contributed by atoms with van der Waals surface area (Å²) in [6.45, 7) is 3.57. The summed E-state index contributed by atoms with van der Waals surface area (Å²) in [5, 5.41) is 7.32. The van der Waals surface area contributed by atoms with Crippen molar-refractivity contribution in [2.45, 2.75) is 26.4 Å². The summed E-state index contributed by atoms with van der Waals surface area (Å²) in [4.78, 5) is 37.3. The van der Waals surface area contributed by atoms with Gasteiger partial charge in [-0.1, -0.05) is 25.1 Å². The van der Waals surface area contributed by atoms with Gasteiger partial charge in [0.25, 0.3) is 11.8 Å². The molecule has 0 aliphatic carbocycles. The number of hydrogen-bond acceptors (Lipinski definition) is 5. The number of thiophene rings is 1. The fourth-order valence-electron chi connectivity index (χ4n) is 2.64. The molecular formula is C23H22N2O4S. The van der Waals surface area contributed by atoms with Gasteiger partial charge in [-0.2, -0.15) is 0 Å². The van der Waals surface area contributed by atoms with E-state index >= 15 is 0 Å². The lowest BCUT2D eigenvalue weighted by Gasteiger charge is -2.14. The molecule has 0 radical (unpaired) electrons. The van der Waals surface area contributed by atoms with Crippen LogP contribution in [0.1, 0.15) is 39.4 Å². The number of ether oxygens (including phenoxy) is 1. The van der Waals surface area contributed by atoms with Crippen LogP contribution in [-0.4, -0.2) is 23.9 Å². The number of amides is 2. The van der Waals surface area contributed by atoms with Crippen molar-refractivity contribution < 1.29 is 19.1 Å². The van der Waals surface area contributed by atoms with Crippen molar-refractivity contribution in [3.63, 3.8) is 0 Å². The molecule has 0 aliphatic heterocycles. The highest BCUT2D eigenvalue weighted by Gasteiger charge is 2.19. The molecule has 1 aromatic heterocycles. The van der Waals surface area contributed by atoms with Crippen molar-refractivity contribution >= 4 is 40.5 Å². The van der Waals surface area contributed by atoms with Crippen LogP contribution in [-0.2, 0) is 16.0 Å². The maximum atomic E-state index is 12.3. The molecule has 0 bridgehead atoms. The lowest BCUT2D eigenvalue weighted by atomic mass is 10.1. The Labute approximate surface area is 178 Å². The summed E-state index contributed by atoms with van der Waals surface area (Å²) < 4.78 is 5.26. The van der Waals surface area contributed by atoms with Gasteiger partial charge in [0.05, 0.1) is 10.4 Å². The molecule has 0 saturated carbocycles. The van der Waals surface area contributed by atoms with Crippen LogP contribution in [0.3, 0.4) is 0 Å². The maximum absolute atomic E-state index is 12.3. The smallest absolute Gasteiger partial charge is 0.338 e. The number of esters is 1. The van der Waals surface area contributed by atoms with E-state index in [-0.39, 0.29) is 11.5 Å². The number of carbonyl (C=O) groups is 3. The minimum Gasteiger partial charge on any atom is -0.449 e. The van der Waals surface area contributed by atoms with Gasteiger partial charge in [0.2, 0.25) is 0 Å². The van der Waals surface area contributed by atoms with Crippen LogP contribution in [0.15, 0.2) is 66.0 Å². The van der Waals surface area contributed by atoms with Crippen molar-refractivity contribution in [2.24, 2.45) is 0 Å². The van der Waals surface area contributed by atoms with Crippen LogP contribution in [0.2, 0.25) is 0 Å². The number of nitrogens with one attached hydrogen (secondary N) is 2. The second-order valence-electron chi connectivity index (χ2n) is 6.60. The second kappa shape index (κ2) is 9.84. The molecule has 2 N–H and O–H groups in total. The first-order valence-corrected chi connectivity index (χ1v) is 10.4. The number of aryl methyl sites for hydroxylation is 1. The highest BCUT2D eigenvalue weighted by Crippen LogP contribution is 2.16. The summed E-state index contributed by atoms with van der Waals surface area (Å²) in [6.07, 6.45) is -0.0415. The Bertz CT molecular complexity index is 1010. The van der Waals surface area contributed by atoms with Gasteiger partial charge in [0, 0.05) is 11.4 Å². The van der Waals surface area contributed by atoms with Gasteiger partial charge >= 0.3 is 5.97 Å². The predicted octanol–water partition coefficient (Wildman–Crippen LogP) is 4.75. The predicted molar refractivity (Wildman–Crippen MR) is 118 cm³/mol. The third kappa shape index (κ3) is 5.55. The largest absolute Gasteiger partial charge is 0.449 e. The van der Waals surface area contributed by atoms with Gasteiger partial charge in [-0.15, -0.1) is 11.3 Å². The second-order valence-corrected chi connectivity index (χ2v) is 7.54. The quantitative estimate of drug-likeness (QED) is 0.538. The van der Waals surface area contributed by atoms with Crippen molar-refractivity contribution in [1.82, 2.24) is 0 Å². The van der Waals surface area contributed by atoms with Gasteiger partial charge in [-0.05, 0) is 66.8 Å². The fourth-order valence-corrected chi connectivity index (χ4v) is 3.26. The van der Waals surface area contributed by atoms with Gasteiger partial charge in [-0.3, -0.25) is 9.59 Å². The van der Waals surface area contributed by atoms with E-state index in [9.17, 15) is 14.4 Å². The Morgan fingerprint density at radius 3 is 2.17 bits per heavy atom. The molecule has 2 aromatic carbocycles. The van der Waals surface area contributed by atoms with E-state index in [0.717, 1.165) is 6.42 Å². The molecule has 1 heterocycles. The molecular weight excluding hydrogens is 400 g/mol. The Kier molecular flexibility index (Phi) is 6.98. The Morgan fingerprint density at radius 1 is 0.933 bits per heavy atom. The third-order valence-electron chi connectivity index (χ3n) is 4.41. The van der Waals surface area contributed by atoms with Crippen LogP contribution in [0, 0.1) is 0 Å². The van der Waals surface area contributed by atoms with Crippen LogP contribution in [0.25, 0.3) is 0 Å². The number of hydrogen-bond donors (Lipinski definition) is 2. The van der Waals surface area contributed by atoms with Gasteiger partial charge in [-0.25, -0.2) is 4.79 Å². The van der Waals surface area contributed by atoms with E-state index in [1.54, 1.807) is 36.4 Å². The molecule has 6 nitrogen and oxygen atoms in total. The number of anilines is 2. The topological polar surface area (TPSA) is 84.5 Å². The first kappa shape index (κ1) is 21.3. The van der Waals surface area contributed by atoms with Crippen molar-refractivity contribution in [3.8, 4) is 0 Å². The molecule has 0 spiro atoms. The van der Waals surface area contributed by atoms with E-state index in [0.29, 0.717) is 16.3 Å². The van der Waals surface area contributed by atoms with Crippen molar-refractivity contribution in [3.05, 3.63) is 82.0 Å². The van der Waals surface area contributed by atoms with Crippen LogP contribution in [0.5, 0.6) is 0 Å². The standard InChI is InChI=1S/C23H22N2O4S/c1-3-16-6-10-18(11-7-16)24-21(26)15(2)29-23(28)17-8-12-19(13-9-17)25-22(27)20-5-4-14-30-20/h4-15H,3H2,1-2H3,(H,24,26)(H,25,27). The molecule has 0 fully saturated rings. The third-order valence-corrected chi connectivity index (χ3v) is 5.27. The molecule has 30 heavy (non-hydrogen) atoms. The molecule has 1 atom stereocenters. The van der Waals surface area contributed by atoms with Crippen LogP contribution >= 0.6 is 11.3 Å². The van der Waals surface area contributed by atoms with E-state index < -0.39 is 18.0 Å². The van der Waals surface area contributed by atoms with Gasteiger partial charge in [0.15, 0.2) is 6.10 Å². The average molecular weight is 423 g/mol. The molecule has 0 aliphatic rings. The number of carbonyl (C=O) groups excluding carboxylic acids is 3. The zero-order valence-electron chi connectivity index (χ0n) is 16.7. The molecule has 3 rings (SSSR count). The molecule has 2 amide bonds. The zero-order valence-corrected chi connectivity index (χ0v) is 17.5. The minimum atomic E-state index is -0.957. The summed E-state index contributed by atoms with van der Waals surface area (Å²) in [7, 11) is 0. The highest BCUT2D eigenvalue weighted by molar-refractivity contribution is 7.12. The van der Waals surface area contributed by atoms with E-state index in [1.165, 1.54) is 23.8 Å². The monoisotopic (exact) mass is 422 g/mol. The summed E-state index contributed by atoms with van der Waals surface area (Å²) in [5.74, 6) is -1.24. The summed E-state index contributed by atoms with van der Waals surface area (Å²) in [5.41, 5.74) is 2.66. The average Bonchev–Trinajstić information content (AvgIpc) is 3.30. The van der Waals surface area contributed by atoms with Crippen molar-refractivity contribution in [1.29, 1.82) is 0 Å². The molecule has 1 unspecified atom stereocenters. The Morgan fingerprint density at radius 2 is 1.57 bits per heavy atom. The minimum absolute atomic E-state index is 0.211. The first-order chi connectivity index (χ1) is 14.5. The normalized spacial score (nSPS) is 11.4. The Balaban J connectivity index is 1.54. The molecule has 3 aromatic rings. The van der Waals surface area contributed by atoms with Gasteiger partial charge < -0.3 is 15.4 Å². The lowest BCUT2D eigenvalue weighted by Crippen LogP contribution is -2.30. The zero-order chi connectivity index (χ0) is 21.5. The van der Waals surface area contributed by atoms with Crippen molar-refractivity contribution in [2.75, 3.05) is 10.6 Å². The SMILES string of the molecule is CCc1ccc(NC(=O)C(C)OC(=O)c2ccc(NC(=O)c3cccs3)cc2)cc1. The number of benzene rings is 2. The van der Waals surface area contributed by atoms with Gasteiger partial charge in [0.1, 0.15) is 0 Å². The van der Waals surface area contributed by atoms with E-state index in [1.807, 2.05) is 29.6 Å². The number of rotatable bonds is 7. The summed E-state index contributed by atoms with van der Waals surface area (Å²) >= 11 is 1.35. The van der Waals surface area contributed by atoms with E-state index in [2.05, 4.69) is 17.6 Å². The first-order valence-electron chi connectivity index (χ1n) is 9.52. The highest BCUT2D eigenvalue weighted by atomic mass is 32.1. The Hall–Kier alpha value is -3.45. The molecule has 0 saturated heterocycles. The maximum Gasteiger partial charge on any atom is 0.338 e. The molecule has 7 heteroatoms. The fraction of sp³-hybridized carbons (Fsp3) is 0.174.